The molecule has 114 valence electrons. The molecular weight excluding hydrogens is 288 g/mol. The van der Waals surface area contributed by atoms with Gasteiger partial charge in [-0.2, -0.15) is 0 Å². The van der Waals surface area contributed by atoms with Crippen molar-refractivity contribution in [3.8, 4) is 0 Å². The number of para-hydroxylation sites is 2. The van der Waals surface area contributed by atoms with E-state index in [9.17, 15) is 0 Å². The van der Waals surface area contributed by atoms with Crippen LogP contribution < -0.4 is 10.2 Å². The van der Waals surface area contributed by atoms with Crippen molar-refractivity contribution in [2.45, 2.75) is 32.6 Å². The summed E-state index contributed by atoms with van der Waals surface area (Å²) >= 11 is 5.69. The third-order valence-corrected chi connectivity index (χ3v) is 4.50. The molecule has 2 nitrogen and oxygen atoms in total. The molecular formula is C19H22N2S. The Kier molecular flexibility index (Phi) is 4.44. The van der Waals surface area contributed by atoms with Crippen LogP contribution in [0.4, 0.5) is 11.4 Å². The predicted molar refractivity (Wildman–Crippen MR) is 98.9 cm³/mol. The van der Waals surface area contributed by atoms with Crippen molar-refractivity contribution >= 4 is 28.7 Å². The lowest BCUT2D eigenvalue weighted by Crippen LogP contribution is -2.38. The number of aryl methyl sites for hydroxylation is 1. The quantitative estimate of drug-likeness (QED) is 0.789. The molecule has 0 radical (unpaired) electrons. The highest BCUT2D eigenvalue weighted by molar-refractivity contribution is 7.80. The van der Waals surface area contributed by atoms with Crippen molar-refractivity contribution in [3.63, 3.8) is 0 Å². The number of rotatable bonds is 2. The summed E-state index contributed by atoms with van der Waals surface area (Å²) in [6.07, 6.45) is 2.28. The van der Waals surface area contributed by atoms with Gasteiger partial charge in [-0.15, -0.1) is 0 Å². The Morgan fingerprint density at radius 3 is 2.64 bits per heavy atom. The summed E-state index contributed by atoms with van der Waals surface area (Å²) in [5.41, 5.74) is 5.05. The molecule has 0 amide bonds. The van der Waals surface area contributed by atoms with E-state index in [2.05, 4.69) is 72.6 Å². The summed E-state index contributed by atoms with van der Waals surface area (Å²) in [6, 6.07) is 17.0. The SMILES string of the molecule is CC(C)c1ccccc1NC(=S)N1CCCc2ccccc21. The van der Waals surface area contributed by atoms with E-state index in [0.29, 0.717) is 5.92 Å². The number of fused-ring (bicyclic) bond motifs is 1. The molecule has 3 rings (SSSR count). The van der Waals surface area contributed by atoms with Gasteiger partial charge in [-0.25, -0.2) is 0 Å². The number of hydrogen-bond acceptors (Lipinski definition) is 1. The number of hydrogen-bond donors (Lipinski definition) is 1. The van der Waals surface area contributed by atoms with Crippen molar-refractivity contribution < 1.29 is 0 Å². The molecule has 0 fully saturated rings. The minimum absolute atomic E-state index is 0.472. The maximum absolute atomic E-state index is 5.69. The molecule has 2 aromatic carbocycles. The van der Waals surface area contributed by atoms with Crippen molar-refractivity contribution in [1.29, 1.82) is 0 Å². The first-order valence-corrected chi connectivity index (χ1v) is 8.33. The lowest BCUT2D eigenvalue weighted by Gasteiger charge is -2.32. The molecule has 1 aliphatic heterocycles. The van der Waals surface area contributed by atoms with E-state index in [0.717, 1.165) is 30.2 Å². The van der Waals surface area contributed by atoms with E-state index in [4.69, 9.17) is 12.2 Å². The van der Waals surface area contributed by atoms with Gasteiger partial charge in [0.15, 0.2) is 5.11 Å². The van der Waals surface area contributed by atoms with Crippen LogP contribution in [0.15, 0.2) is 48.5 Å². The van der Waals surface area contributed by atoms with Crippen molar-refractivity contribution in [3.05, 3.63) is 59.7 Å². The molecule has 1 aliphatic rings. The third kappa shape index (κ3) is 3.00. The molecule has 0 saturated carbocycles. The van der Waals surface area contributed by atoms with Gasteiger partial charge in [0.25, 0.3) is 0 Å². The van der Waals surface area contributed by atoms with E-state index in [1.165, 1.54) is 16.8 Å². The van der Waals surface area contributed by atoms with Gasteiger partial charge in [0.2, 0.25) is 0 Å². The third-order valence-electron chi connectivity index (χ3n) is 4.18. The van der Waals surface area contributed by atoms with Gasteiger partial charge < -0.3 is 10.2 Å². The zero-order chi connectivity index (χ0) is 15.5. The van der Waals surface area contributed by atoms with Gasteiger partial charge in [-0.05, 0) is 54.2 Å². The Hall–Kier alpha value is -1.87. The largest absolute Gasteiger partial charge is 0.332 e. The van der Waals surface area contributed by atoms with Crippen LogP contribution in [0.1, 0.15) is 37.3 Å². The zero-order valence-corrected chi connectivity index (χ0v) is 14.0. The first-order chi connectivity index (χ1) is 10.7. The highest BCUT2D eigenvalue weighted by Gasteiger charge is 2.20. The molecule has 0 bridgehead atoms. The predicted octanol–water partition coefficient (Wildman–Crippen LogP) is 4.96. The van der Waals surface area contributed by atoms with Gasteiger partial charge in [-0.1, -0.05) is 50.2 Å². The van der Waals surface area contributed by atoms with Crippen LogP contribution in [0, 0.1) is 0 Å². The van der Waals surface area contributed by atoms with Crippen molar-refractivity contribution in [1.82, 2.24) is 0 Å². The first kappa shape index (κ1) is 15.0. The highest BCUT2D eigenvalue weighted by atomic mass is 32.1. The van der Waals surface area contributed by atoms with Crippen LogP contribution in [-0.4, -0.2) is 11.7 Å². The number of nitrogens with zero attached hydrogens (tertiary/aromatic N) is 1. The van der Waals surface area contributed by atoms with Crippen LogP contribution in [0.3, 0.4) is 0 Å². The second-order valence-electron chi connectivity index (χ2n) is 6.06. The molecule has 1 N–H and O–H groups in total. The molecule has 0 aromatic heterocycles. The van der Waals surface area contributed by atoms with Crippen LogP contribution in [0.2, 0.25) is 0 Å². The molecule has 3 heteroatoms. The summed E-state index contributed by atoms with van der Waals surface area (Å²) in [4.78, 5) is 2.23. The molecule has 0 unspecified atom stereocenters. The molecule has 22 heavy (non-hydrogen) atoms. The smallest absolute Gasteiger partial charge is 0.177 e. The highest BCUT2D eigenvalue weighted by Crippen LogP contribution is 2.29. The van der Waals surface area contributed by atoms with Crippen LogP contribution in [0.25, 0.3) is 0 Å². The van der Waals surface area contributed by atoms with Crippen molar-refractivity contribution in [2.24, 2.45) is 0 Å². The normalized spacial score (nSPS) is 13.9. The number of anilines is 2. The standard InChI is InChI=1S/C19H22N2S/c1-14(2)16-10-4-5-11-17(16)20-19(22)21-13-7-9-15-8-3-6-12-18(15)21/h3-6,8,10-12,14H,7,9,13H2,1-2H3,(H,20,22). The Bertz CT molecular complexity index is 679. The Morgan fingerprint density at radius 2 is 1.82 bits per heavy atom. The minimum Gasteiger partial charge on any atom is -0.332 e. The van der Waals surface area contributed by atoms with E-state index < -0.39 is 0 Å². The topological polar surface area (TPSA) is 15.3 Å². The summed E-state index contributed by atoms with van der Waals surface area (Å²) in [5, 5.41) is 4.25. The second kappa shape index (κ2) is 6.49. The molecule has 0 atom stereocenters. The fourth-order valence-corrected chi connectivity index (χ4v) is 3.34. The van der Waals surface area contributed by atoms with Gasteiger partial charge in [0.05, 0.1) is 0 Å². The number of thiocarbonyl (C=S) groups is 1. The molecule has 0 spiro atoms. The second-order valence-corrected chi connectivity index (χ2v) is 6.44. The van der Waals surface area contributed by atoms with Crippen molar-refractivity contribution in [2.75, 3.05) is 16.8 Å². The van der Waals surface area contributed by atoms with E-state index >= 15 is 0 Å². The minimum atomic E-state index is 0.472. The number of benzene rings is 2. The fourth-order valence-electron chi connectivity index (χ4n) is 3.04. The van der Waals surface area contributed by atoms with Gasteiger partial charge in [-0.3, -0.25) is 0 Å². The Labute approximate surface area is 138 Å². The zero-order valence-electron chi connectivity index (χ0n) is 13.2. The average molecular weight is 310 g/mol. The molecule has 0 saturated heterocycles. The summed E-state index contributed by atoms with van der Waals surface area (Å²) in [6.45, 7) is 5.40. The lowest BCUT2D eigenvalue weighted by atomic mass is 10.0. The summed E-state index contributed by atoms with van der Waals surface area (Å²) in [5.74, 6) is 0.472. The summed E-state index contributed by atoms with van der Waals surface area (Å²) < 4.78 is 0. The molecule has 0 aliphatic carbocycles. The van der Waals surface area contributed by atoms with E-state index in [1.54, 1.807) is 0 Å². The summed E-state index contributed by atoms with van der Waals surface area (Å²) in [7, 11) is 0. The van der Waals surface area contributed by atoms with Crippen LogP contribution >= 0.6 is 12.2 Å². The van der Waals surface area contributed by atoms with E-state index in [-0.39, 0.29) is 0 Å². The van der Waals surface area contributed by atoms with E-state index in [1.807, 2.05) is 0 Å². The molecule has 2 aromatic rings. The maximum atomic E-state index is 5.69. The maximum Gasteiger partial charge on any atom is 0.177 e. The Balaban J connectivity index is 1.85. The van der Waals surface area contributed by atoms with Gasteiger partial charge in [0, 0.05) is 17.9 Å². The van der Waals surface area contributed by atoms with Gasteiger partial charge >= 0.3 is 0 Å². The van der Waals surface area contributed by atoms with Crippen LogP contribution in [0.5, 0.6) is 0 Å². The van der Waals surface area contributed by atoms with Crippen LogP contribution in [-0.2, 0) is 6.42 Å². The average Bonchev–Trinajstić information content (AvgIpc) is 2.54. The monoisotopic (exact) mass is 310 g/mol. The fraction of sp³-hybridized carbons (Fsp3) is 0.316. The lowest BCUT2D eigenvalue weighted by molar-refractivity contribution is 0.780. The first-order valence-electron chi connectivity index (χ1n) is 7.92. The Morgan fingerprint density at radius 1 is 1.09 bits per heavy atom. The number of nitrogens with one attached hydrogen (secondary N) is 1. The van der Waals surface area contributed by atoms with Gasteiger partial charge in [0.1, 0.15) is 0 Å². The molecule has 1 heterocycles.